The molecular weight excluding hydrogens is 403 g/mol. The number of nitrogens with zero attached hydrogens (tertiary/aromatic N) is 2. The summed E-state index contributed by atoms with van der Waals surface area (Å²) < 4.78 is 37.8. The highest BCUT2D eigenvalue weighted by molar-refractivity contribution is 7.09. The monoisotopic (exact) mass is 427 g/mol. The van der Waals surface area contributed by atoms with Gasteiger partial charge in [0.25, 0.3) is 5.91 Å². The van der Waals surface area contributed by atoms with Crippen LogP contribution < -0.4 is 16.0 Å². The molecule has 1 amide bonds. The van der Waals surface area contributed by atoms with Gasteiger partial charge >= 0.3 is 6.18 Å². The van der Waals surface area contributed by atoms with Crippen LogP contribution in [0.15, 0.2) is 34.6 Å². The molecule has 3 N–H and O–H groups in total. The molecule has 0 radical (unpaired) electrons. The normalized spacial score (nSPS) is 13.1. The molecule has 2 aromatic rings. The fraction of sp³-hybridized carbons (Fsp3) is 0.421. The lowest BCUT2D eigenvalue weighted by atomic mass is 10.1. The molecule has 0 aliphatic rings. The van der Waals surface area contributed by atoms with Crippen molar-refractivity contribution >= 4 is 23.2 Å². The molecule has 0 saturated heterocycles. The quantitative estimate of drug-likeness (QED) is 0.466. The van der Waals surface area contributed by atoms with E-state index in [4.69, 9.17) is 0 Å². The zero-order chi connectivity index (χ0) is 21.4. The van der Waals surface area contributed by atoms with Crippen LogP contribution in [0.2, 0.25) is 0 Å². The minimum atomic E-state index is -4.44. The van der Waals surface area contributed by atoms with Crippen LogP contribution in [0.5, 0.6) is 0 Å². The molecule has 10 heteroatoms. The minimum Gasteiger partial charge on any atom is -0.352 e. The number of aromatic nitrogens is 1. The molecule has 29 heavy (non-hydrogen) atoms. The number of alkyl halides is 3. The number of thiazole rings is 1. The Hall–Kier alpha value is -2.62. The van der Waals surface area contributed by atoms with E-state index in [0.717, 1.165) is 28.7 Å². The van der Waals surface area contributed by atoms with E-state index in [1.54, 1.807) is 25.2 Å². The number of hydrogen-bond donors (Lipinski definition) is 3. The zero-order valence-electron chi connectivity index (χ0n) is 16.4. The van der Waals surface area contributed by atoms with Crippen molar-refractivity contribution < 1.29 is 18.0 Å². The lowest BCUT2D eigenvalue weighted by Crippen LogP contribution is -2.36. The molecule has 2 rings (SSSR count). The minimum absolute atomic E-state index is 0.0935. The summed E-state index contributed by atoms with van der Waals surface area (Å²) in [5, 5.41) is 10.2. The van der Waals surface area contributed by atoms with E-state index in [1.165, 1.54) is 0 Å². The predicted octanol–water partition coefficient (Wildman–Crippen LogP) is 3.56. The molecule has 6 nitrogen and oxygen atoms in total. The fourth-order valence-corrected chi connectivity index (χ4v) is 3.06. The lowest BCUT2D eigenvalue weighted by Gasteiger charge is -2.13. The molecule has 0 bridgehead atoms. The molecule has 0 aliphatic carbocycles. The van der Waals surface area contributed by atoms with Crippen LogP contribution in [-0.2, 0) is 19.3 Å². The number of amides is 1. The summed E-state index contributed by atoms with van der Waals surface area (Å²) in [7, 11) is 1.56. The molecule has 0 aliphatic heterocycles. The van der Waals surface area contributed by atoms with E-state index in [2.05, 4.69) is 25.9 Å². The van der Waals surface area contributed by atoms with E-state index in [1.807, 2.05) is 19.9 Å². The third-order valence-corrected chi connectivity index (χ3v) is 4.96. The number of carbonyl (C=O) groups is 1. The van der Waals surface area contributed by atoms with Crippen molar-refractivity contribution in [1.82, 2.24) is 20.9 Å². The second-order valence-electron chi connectivity index (χ2n) is 6.39. The summed E-state index contributed by atoms with van der Waals surface area (Å²) in [5.74, 6) is 0.288. The molecule has 1 unspecified atom stereocenters. The molecule has 158 valence electrons. The topological polar surface area (TPSA) is 78.4 Å². The highest BCUT2D eigenvalue weighted by atomic mass is 32.1. The van der Waals surface area contributed by atoms with Gasteiger partial charge in [-0.3, -0.25) is 9.79 Å². The van der Waals surface area contributed by atoms with Gasteiger partial charge in [0.1, 0.15) is 5.01 Å². The third-order valence-electron chi connectivity index (χ3n) is 4.11. The Bertz CT molecular complexity index is 850. The van der Waals surface area contributed by atoms with Gasteiger partial charge in [-0.05, 0) is 31.0 Å². The number of nitrogens with one attached hydrogen (secondary N) is 3. The van der Waals surface area contributed by atoms with Gasteiger partial charge in [-0.1, -0.05) is 19.1 Å². The standard InChI is InChI=1S/C19H24F3N5OS/c1-4-12(2)26-17(28)14-7-5-6-13(8-14)9-24-18(23-3)25-10-16-27-15(11-29-16)19(20,21)22/h5-8,11-12H,4,9-10H2,1-3H3,(H,26,28)(H2,23,24,25). The Morgan fingerprint density at radius 1 is 1.28 bits per heavy atom. The van der Waals surface area contributed by atoms with Crippen LogP contribution in [0.4, 0.5) is 13.2 Å². The van der Waals surface area contributed by atoms with Crippen molar-refractivity contribution in [2.75, 3.05) is 7.05 Å². The summed E-state index contributed by atoms with van der Waals surface area (Å²) in [4.78, 5) is 19.9. The van der Waals surface area contributed by atoms with Gasteiger partial charge in [0.15, 0.2) is 11.7 Å². The van der Waals surface area contributed by atoms with Crippen molar-refractivity contribution in [1.29, 1.82) is 0 Å². The van der Waals surface area contributed by atoms with Crippen LogP contribution in [-0.4, -0.2) is 29.9 Å². The Balaban J connectivity index is 1.90. The number of aliphatic imine (C=N–C) groups is 1. The Kier molecular flexibility index (Phi) is 8.00. The highest BCUT2D eigenvalue weighted by Gasteiger charge is 2.33. The first-order valence-corrected chi connectivity index (χ1v) is 9.96. The first-order valence-electron chi connectivity index (χ1n) is 9.08. The first-order chi connectivity index (χ1) is 13.7. The van der Waals surface area contributed by atoms with Crippen molar-refractivity contribution in [3.63, 3.8) is 0 Å². The number of carbonyl (C=O) groups excluding carboxylic acids is 1. The average molecular weight is 427 g/mol. The van der Waals surface area contributed by atoms with Crippen LogP contribution in [0, 0.1) is 0 Å². The molecule has 1 aromatic heterocycles. The Morgan fingerprint density at radius 2 is 2.00 bits per heavy atom. The van der Waals surface area contributed by atoms with E-state index in [9.17, 15) is 18.0 Å². The molecule has 1 heterocycles. The number of halogens is 3. The van der Waals surface area contributed by atoms with Crippen LogP contribution >= 0.6 is 11.3 Å². The van der Waals surface area contributed by atoms with Crippen LogP contribution in [0.25, 0.3) is 0 Å². The zero-order valence-corrected chi connectivity index (χ0v) is 17.2. The van der Waals surface area contributed by atoms with Gasteiger partial charge in [-0.15, -0.1) is 11.3 Å². The number of benzene rings is 1. The van der Waals surface area contributed by atoms with Gasteiger partial charge in [0.2, 0.25) is 0 Å². The van der Waals surface area contributed by atoms with Gasteiger partial charge in [0, 0.05) is 30.6 Å². The van der Waals surface area contributed by atoms with Gasteiger partial charge in [-0.2, -0.15) is 13.2 Å². The molecule has 1 aromatic carbocycles. The van der Waals surface area contributed by atoms with Crippen molar-refractivity contribution in [2.24, 2.45) is 4.99 Å². The molecule has 0 saturated carbocycles. The summed E-state index contributed by atoms with van der Waals surface area (Å²) in [5.41, 5.74) is 0.545. The summed E-state index contributed by atoms with van der Waals surface area (Å²) >= 11 is 0.934. The molecule has 0 spiro atoms. The van der Waals surface area contributed by atoms with Gasteiger partial charge in [-0.25, -0.2) is 4.98 Å². The third kappa shape index (κ3) is 7.04. The number of guanidine groups is 1. The number of rotatable bonds is 7. The van der Waals surface area contributed by atoms with E-state index in [0.29, 0.717) is 23.1 Å². The van der Waals surface area contributed by atoms with Crippen molar-refractivity contribution in [2.45, 2.75) is 45.6 Å². The van der Waals surface area contributed by atoms with Gasteiger partial charge in [0.05, 0.1) is 6.54 Å². The van der Waals surface area contributed by atoms with Crippen molar-refractivity contribution in [3.8, 4) is 0 Å². The predicted molar refractivity (Wildman–Crippen MR) is 108 cm³/mol. The largest absolute Gasteiger partial charge is 0.434 e. The maximum atomic E-state index is 12.6. The fourth-order valence-electron chi connectivity index (χ4n) is 2.32. The van der Waals surface area contributed by atoms with Crippen LogP contribution in [0.1, 0.15) is 46.9 Å². The number of hydrogen-bond acceptors (Lipinski definition) is 4. The second kappa shape index (κ2) is 10.2. The Morgan fingerprint density at radius 3 is 2.62 bits per heavy atom. The van der Waals surface area contributed by atoms with Gasteiger partial charge < -0.3 is 16.0 Å². The summed E-state index contributed by atoms with van der Waals surface area (Å²) in [6.45, 7) is 4.46. The molecule has 1 atom stereocenters. The average Bonchev–Trinajstić information content (AvgIpc) is 3.17. The van der Waals surface area contributed by atoms with E-state index < -0.39 is 11.9 Å². The summed E-state index contributed by atoms with van der Waals surface area (Å²) in [6, 6.07) is 7.30. The molecular formula is C19H24F3N5OS. The molecule has 0 fully saturated rings. The maximum absolute atomic E-state index is 12.6. The van der Waals surface area contributed by atoms with Crippen LogP contribution in [0.3, 0.4) is 0 Å². The smallest absolute Gasteiger partial charge is 0.352 e. The van der Waals surface area contributed by atoms with E-state index in [-0.39, 0.29) is 18.5 Å². The second-order valence-corrected chi connectivity index (χ2v) is 7.33. The summed E-state index contributed by atoms with van der Waals surface area (Å²) in [6.07, 6.45) is -3.60. The first kappa shape index (κ1) is 22.7. The van der Waals surface area contributed by atoms with Crippen molar-refractivity contribution in [3.05, 3.63) is 51.5 Å². The Labute approximate surface area is 171 Å². The maximum Gasteiger partial charge on any atom is 0.434 e. The van der Waals surface area contributed by atoms with E-state index >= 15 is 0 Å². The lowest BCUT2D eigenvalue weighted by molar-refractivity contribution is -0.140. The SMILES string of the molecule is CCC(C)NC(=O)c1cccc(CNC(=NC)NCc2nc(C(F)(F)F)cs2)c1. The highest BCUT2D eigenvalue weighted by Crippen LogP contribution is 2.29.